The van der Waals surface area contributed by atoms with Crippen LogP contribution in [0.3, 0.4) is 0 Å². The molecule has 3 amide bonds. The van der Waals surface area contributed by atoms with Gasteiger partial charge in [-0.1, -0.05) is 6.07 Å². The van der Waals surface area contributed by atoms with Crippen LogP contribution in [0.1, 0.15) is 6.42 Å². The van der Waals surface area contributed by atoms with Crippen LogP contribution in [0.5, 0.6) is 0 Å². The SMILES string of the molecule is CN=C(NCCN1C(=O)CNC1=O)NC1CCN(c2c(F)cccc2F)C1. The van der Waals surface area contributed by atoms with Crippen LogP contribution in [0.4, 0.5) is 19.3 Å². The van der Waals surface area contributed by atoms with E-state index in [0.717, 1.165) is 4.90 Å². The standard InChI is InChI=1S/C17H22F2N6O2/c1-20-16(21-6-8-25-14(26)9-22-17(25)27)23-11-5-7-24(10-11)15-12(18)3-2-4-13(15)19/h2-4,11H,5-10H2,1H3,(H,22,27)(H2,20,21,23). The molecule has 1 aromatic carbocycles. The Hall–Kier alpha value is -2.91. The molecule has 0 radical (unpaired) electrons. The first-order valence-corrected chi connectivity index (χ1v) is 8.74. The normalized spacial score (nSPS) is 20.3. The molecule has 0 aromatic heterocycles. The number of benzene rings is 1. The Bertz CT molecular complexity index is 721. The highest BCUT2D eigenvalue weighted by Crippen LogP contribution is 2.26. The number of halogens is 2. The second-order valence-electron chi connectivity index (χ2n) is 6.35. The summed E-state index contributed by atoms with van der Waals surface area (Å²) < 4.78 is 27.9. The molecule has 8 nitrogen and oxygen atoms in total. The van der Waals surface area contributed by atoms with Crippen LogP contribution in [-0.4, -0.2) is 68.6 Å². The predicted octanol–water partition coefficient (Wildman–Crippen LogP) is 0.260. The van der Waals surface area contributed by atoms with Crippen molar-refractivity contribution in [2.75, 3.05) is 44.7 Å². The van der Waals surface area contributed by atoms with E-state index < -0.39 is 17.7 Å². The van der Waals surface area contributed by atoms with E-state index in [2.05, 4.69) is 20.9 Å². The van der Waals surface area contributed by atoms with Gasteiger partial charge in [-0.25, -0.2) is 13.6 Å². The molecule has 1 atom stereocenters. The number of nitrogens with zero attached hydrogens (tertiary/aromatic N) is 3. The van der Waals surface area contributed by atoms with Gasteiger partial charge in [-0.3, -0.25) is 14.7 Å². The van der Waals surface area contributed by atoms with E-state index in [1.165, 1.54) is 18.2 Å². The lowest BCUT2D eigenvalue weighted by Crippen LogP contribution is -2.47. The van der Waals surface area contributed by atoms with E-state index in [0.29, 0.717) is 32.0 Å². The van der Waals surface area contributed by atoms with Gasteiger partial charge in [-0.2, -0.15) is 0 Å². The summed E-state index contributed by atoms with van der Waals surface area (Å²) >= 11 is 0. The smallest absolute Gasteiger partial charge is 0.324 e. The van der Waals surface area contributed by atoms with Gasteiger partial charge in [0, 0.05) is 39.3 Å². The van der Waals surface area contributed by atoms with Gasteiger partial charge in [-0.05, 0) is 18.6 Å². The summed E-state index contributed by atoms with van der Waals surface area (Å²) in [7, 11) is 1.60. The monoisotopic (exact) mass is 380 g/mol. The first kappa shape index (κ1) is 18.9. The number of guanidine groups is 1. The molecule has 2 fully saturated rings. The number of hydrogen-bond donors (Lipinski definition) is 3. The number of rotatable bonds is 5. The molecule has 2 aliphatic rings. The van der Waals surface area contributed by atoms with Gasteiger partial charge >= 0.3 is 6.03 Å². The number of carbonyl (C=O) groups excluding carboxylic acids is 2. The Morgan fingerprint density at radius 2 is 2.07 bits per heavy atom. The van der Waals surface area contributed by atoms with Crippen LogP contribution >= 0.6 is 0 Å². The van der Waals surface area contributed by atoms with Crippen LogP contribution in [0.15, 0.2) is 23.2 Å². The fourth-order valence-corrected chi connectivity index (χ4v) is 3.23. The van der Waals surface area contributed by atoms with Crippen LogP contribution in [0.25, 0.3) is 0 Å². The molecule has 27 heavy (non-hydrogen) atoms. The van der Waals surface area contributed by atoms with Crippen molar-refractivity contribution in [1.82, 2.24) is 20.9 Å². The summed E-state index contributed by atoms with van der Waals surface area (Å²) in [4.78, 5) is 29.9. The molecule has 0 spiro atoms. The van der Waals surface area contributed by atoms with E-state index in [1.807, 2.05) is 0 Å². The van der Waals surface area contributed by atoms with E-state index in [-0.39, 0.29) is 30.7 Å². The molecule has 3 rings (SSSR count). The highest BCUT2D eigenvalue weighted by atomic mass is 19.1. The van der Waals surface area contributed by atoms with Crippen molar-refractivity contribution in [3.63, 3.8) is 0 Å². The number of anilines is 1. The van der Waals surface area contributed by atoms with Gasteiger partial charge in [0.05, 0.1) is 6.54 Å². The summed E-state index contributed by atoms with van der Waals surface area (Å²) in [5.74, 6) is -0.913. The van der Waals surface area contributed by atoms with Gasteiger partial charge in [-0.15, -0.1) is 0 Å². The first-order valence-electron chi connectivity index (χ1n) is 8.74. The van der Waals surface area contributed by atoms with Gasteiger partial charge in [0.25, 0.3) is 0 Å². The van der Waals surface area contributed by atoms with E-state index >= 15 is 0 Å². The molecule has 0 bridgehead atoms. The fourth-order valence-electron chi connectivity index (χ4n) is 3.23. The number of amides is 3. The number of imide groups is 1. The second kappa shape index (κ2) is 8.19. The van der Waals surface area contributed by atoms with Crippen LogP contribution in [0, 0.1) is 11.6 Å². The van der Waals surface area contributed by atoms with Crippen molar-refractivity contribution in [3.05, 3.63) is 29.8 Å². The minimum atomic E-state index is -0.577. The fraction of sp³-hybridized carbons (Fsp3) is 0.471. The summed E-state index contributed by atoms with van der Waals surface area (Å²) in [5, 5.41) is 8.70. The number of urea groups is 1. The topological polar surface area (TPSA) is 89.1 Å². The third-order valence-corrected chi connectivity index (χ3v) is 4.57. The van der Waals surface area contributed by atoms with Crippen LogP contribution in [-0.2, 0) is 4.79 Å². The molecule has 10 heteroatoms. The average Bonchev–Trinajstić information content (AvgIpc) is 3.22. The summed E-state index contributed by atoms with van der Waals surface area (Å²) in [6.07, 6.45) is 0.696. The Morgan fingerprint density at radius 1 is 1.33 bits per heavy atom. The quantitative estimate of drug-likeness (QED) is 0.387. The molecule has 0 saturated carbocycles. The largest absolute Gasteiger partial charge is 0.365 e. The zero-order chi connectivity index (χ0) is 19.4. The molecule has 2 heterocycles. The highest BCUT2D eigenvalue weighted by molar-refractivity contribution is 6.01. The first-order chi connectivity index (χ1) is 13.0. The van der Waals surface area contributed by atoms with Gasteiger partial charge < -0.3 is 20.9 Å². The third kappa shape index (κ3) is 4.26. The Balaban J connectivity index is 1.49. The number of para-hydroxylation sites is 1. The predicted molar refractivity (Wildman–Crippen MR) is 96.6 cm³/mol. The number of hydrogen-bond acceptors (Lipinski definition) is 4. The highest BCUT2D eigenvalue weighted by Gasteiger charge is 2.29. The number of nitrogens with one attached hydrogen (secondary N) is 3. The molecule has 1 aromatic rings. The summed E-state index contributed by atoms with van der Waals surface area (Å²) in [6, 6.07) is 3.40. The van der Waals surface area contributed by atoms with E-state index in [9.17, 15) is 18.4 Å². The lowest BCUT2D eigenvalue weighted by Gasteiger charge is -2.21. The molecular weight excluding hydrogens is 358 g/mol. The minimum absolute atomic E-state index is 0.0108. The van der Waals surface area contributed by atoms with Gasteiger partial charge in [0.15, 0.2) is 5.96 Å². The molecule has 2 saturated heterocycles. The molecule has 146 valence electrons. The molecular formula is C17H22F2N6O2. The Kier molecular flexibility index (Phi) is 5.72. The minimum Gasteiger partial charge on any atom is -0.365 e. The van der Waals surface area contributed by atoms with Crippen molar-refractivity contribution in [2.24, 2.45) is 4.99 Å². The second-order valence-corrected chi connectivity index (χ2v) is 6.35. The van der Waals surface area contributed by atoms with Crippen molar-refractivity contribution >= 4 is 23.6 Å². The molecule has 2 aliphatic heterocycles. The van der Waals surface area contributed by atoms with E-state index in [4.69, 9.17) is 0 Å². The maximum Gasteiger partial charge on any atom is 0.324 e. The van der Waals surface area contributed by atoms with Gasteiger partial charge in [0.1, 0.15) is 17.3 Å². The Morgan fingerprint density at radius 3 is 2.70 bits per heavy atom. The van der Waals surface area contributed by atoms with Crippen molar-refractivity contribution in [3.8, 4) is 0 Å². The lowest BCUT2D eigenvalue weighted by atomic mass is 10.2. The van der Waals surface area contributed by atoms with Crippen LogP contribution < -0.4 is 20.9 Å². The average molecular weight is 380 g/mol. The summed E-state index contributed by atoms with van der Waals surface area (Å²) in [5.41, 5.74) is -0.0108. The van der Waals surface area contributed by atoms with Crippen molar-refractivity contribution in [2.45, 2.75) is 12.5 Å². The zero-order valence-electron chi connectivity index (χ0n) is 15.0. The number of aliphatic imine (C=N–C) groups is 1. The number of carbonyl (C=O) groups is 2. The van der Waals surface area contributed by atoms with Crippen molar-refractivity contribution < 1.29 is 18.4 Å². The summed E-state index contributed by atoms with van der Waals surface area (Å²) in [6.45, 7) is 1.55. The van der Waals surface area contributed by atoms with Crippen LogP contribution in [0.2, 0.25) is 0 Å². The lowest BCUT2D eigenvalue weighted by molar-refractivity contribution is -0.124. The van der Waals surface area contributed by atoms with Gasteiger partial charge in [0.2, 0.25) is 5.91 Å². The molecule has 1 unspecified atom stereocenters. The molecule has 0 aliphatic carbocycles. The van der Waals surface area contributed by atoms with Crippen molar-refractivity contribution in [1.29, 1.82) is 0 Å². The maximum absolute atomic E-state index is 13.9. The third-order valence-electron chi connectivity index (χ3n) is 4.57. The Labute approximate surface area is 155 Å². The van der Waals surface area contributed by atoms with E-state index in [1.54, 1.807) is 11.9 Å². The maximum atomic E-state index is 13.9. The molecule has 3 N–H and O–H groups in total. The zero-order valence-corrected chi connectivity index (χ0v) is 15.0.